The fraction of sp³-hybridized carbons (Fsp3) is 0.769. The van der Waals surface area contributed by atoms with Crippen molar-refractivity contribution in [2.45, 2.75) is 32.8 Å². The maximum absolute atomic E-state index is 5.56. The van der Waals surface area contributed by atoms with E-state index in [1.807, 2.05) is 19.0 Å². The van der Waals surface area contributed by atoms with Crippen molar-refractivity contribution < 1.29 is 4.74 Å². The van der Waals surface area contributed by atoms with Crippen molar-refractivity contribution in [1.82, 2.24) is 15.0 Å². The van der Waals surface area contributed by atoms with Crippen LogP contribution in [0.15, 0.2) is 0 Å². The van der Waals surface area contributed by atoms with Crippen LogP contribution in [0.4, 0.5) is 11.9 Å². The summed E-state index contributed by atoms with van der Waals surface area (Å²) in [6, 6.07) is 0. The quantitative estimate of drug-likeness (QED) is 0.821. The van der Waals surface area contributed by atoms with E-state index in [1.165, 1.54) is 0 Å². The molecule has 1 saturated heterocycles. The van der Waals surface area contributed by atoms with Gasteiger partial charge in [0, 0.05) is 33.1 Å². The molecule has 1 aromatic heterocycles. The van der Waals surface area contributed by atoms with Crippen LogP contribution < -0.4 is 9.80 Å². The van der Waals surface area contributed by atoms with Crippen LogP contribution >= 0.6 is 0 Å². The van der Waals surface area contributed by atoms with Gasteiger partial charge in [0.2, 0.25) is 11.9 Å². The van der Waals surface area contributed by atoms with Crippen LogP contribution in [0.25, 0.3) is 0 Å². The zero-order valence-corrected chi connectivity index (χ0v) is 12.4. The third-order valence-corrected chi connectivity index (χ3v) is 3.07. The molecule has 1 aliphatic rings. The maximum atomic E-state index is 5.56. The summed E-state index contributed by atoms with van der Waals surface area (Å²) in [4.78, 5) is 17.7. The van der Waals surface area contributed by atoms with Crippen LogP contribution in [0.1, 0.15) is 32.5 Å². The monoisotopic (exact) mass is 265 g/mol. The van der Waals surface area contributed by atoms with Crippen molar-refractivity contribution in [2.75, 3.05) is 43.6 Å². The predicted octanol–water partition coefficient (Wildman–Crippen LogP) is 1.29. The average molecular weight is 265 g/mol. The van der Waals surface area contributed by atoms with E-state index in [4.69, 9.17) is 4.74 Å². The number of morpholine rings is 1. The third kappa shape index (κ3) is 3.32. The Morgan fingerprint density at radius 3 is 2.58 bits per heavy atom. The number of ether oxygens (including phenoxy) is 1. The number of aromatic nitrogens is 3. The molecule has 1 fully saturated rings. The molecule has 0 spiro atoms. The fourth-order valence-corrected chi connectivity index (χ4v) is 1.97. The first-order valence-corrected chi connectivity index (χ1v) is 6.77. The lowest BCUT2D eigenvalue weighted by Gasteiger charge is -2.31. The Kier molecular flexibility index (Phi) is 4.19. The first-order chi connectivity index (χ1) is 8.97. The highest BCUT2D eigenvalue weighted by Gasteiger charge is 2.21. The molecule has 19 heavy (non-hydrogen) atoms. The Bertz CT molecular complexity index is 409. The lowest BCUT2D eigenvalue weighted by atomic mass is 10.2. The Labute approximate surface area is 114 Å². The highest BCUT2D eigenvalue weighted by molar-refractivity contribution is 5.39. The van der Waals surface area contributed by atoms with Crippen LogP contribution in [-0.4, -0.2) is 54.8 Å². The second-order valence-corrected chi connectivity index (χ2v) is 5.47. The fourth-order valence-electron chi connectivity index (χ4n) is 1.97. The first-order valence-electron chi connectivity index (χ1n) is 6.77. The van der Waals surface area contributed by atoms with Gasteiger partial charge in [-0.05, 0) is 6.92 Å². The Balaban J connectivity index is 2.32. The molecule has 1 aromatic rings. The lowest BCUT2D eigenvalue weighted by Crippen LogP contribution is -2.42. The summed E-state index contributed by atoms with van der Waals surface area (Å²) in [5, 5.41) is 0. The SMILES string of the molecule is CC1CN(c2nc(C(C)C)nc(N(C)C)n2)CCO1. The van der Waals surface area contributed by atoms with Gasteiger partial charge < -0.3 is 14.5 Å². The first kappa shape index (κ1) is 14.0. The molecule has 1 unspecified atom stereocenters. The molecule has 6 nitrogen and oxygen atoms in total. The smallest absolute Gasteiger partial charge is 0.230 e. The van der Waals surface area contributed by atoms with E-state index in [1.54, 1.807) is 0 Å². The minimum absolute atomic E-state index is 0.218. The van der Waals surface area contributed by atoms with E-state index in [2.05, 4.69) is 40.6 Å². The van der Waals surface area contributed by atoms with Crippen molar-refractivity contribution in [1.29, 1.82) is 0 Å². The molecule has 0 aromatic carbocycles. The summed E-state index contributed by atoms with van der Waals surface area (Å²) in [6.45, 7) is 8.65. The highest BCUT2D eigenvalue weighted by Crippen LogP contribution is 2.19. The van der Waals surface area contributed by atoms with Gasteiger partial charge >= 0.3 is 0 Å². The highest BCUT2D eigenvalue weighted by atomic mass is 16.5. The number of nitrogens with zero attached hydrogens (tertiary/aromatic N) is 5. The van der Waals surface area contributed by atoms with Crippen molar-refractivity contribution in [3.05, 3.63) is 5.82 Å². The summed E-state index contributed by atoms with van der Waals surface area (Å²) < 4.78 is 5.56. The van der Waals surface area contributed by atoms with Crippen LogP contribution in [0.3, 0.4) is 0 Å². The summed E-state index contributed by atoms with van der Waals surface area (Å²) >= 11 is 0. The van der Waals surface area contributed by atoms with Gasteiger partial charge in [0.15, 0.2) is 0 Å². The topological polar surface area (TPSA) is 54.4 Å². The van der Waals surface area contributed by atoms with Gasteiger partial charge in [-0.3, -0.25) is 0 Å². The molecule has 0 radical (unpaired) electrons. The van der Waals surface area contributed by atoms with E-state index < -0.39 is 0 Å². The summed E-state index contributed by atoms with van der Waals surface area (Å²) in [6.07, 6.45) is 0.218. The van der Waals surface area contributed by atoms with Crippen molar-refractivity contribution >= 4 is 11.9 Å². The summed E-state index contributed by atoms with van der Waals surface area (Å²) in [5.74, 6) is 2.61. The Morgan fingerprint density at radius 2 is 2.00 bits per heavy atom. The largest absolute Gasteiger partial charge is 0.375 e. The minimum Gasteiger partial charge on any atom is -0.375 e. The molecule has 0 saturated carbocycles. The van der Waals surface area contributed by atoms with Crippen LogP contribution in [0.2, 0.25) is 0 Å². The molecule has 1 aliphatic heterocycles. The van der Waals surface area contributed by atoms with Gasteiger partial charge in [0.25, 0.3) is 0 Å². The molecule has 1 atom stereocenters. The van der Waals surface area contributed by atoms with E-state index >= 15 is 0 Å². The van der Waals surface area contributed by atoms with E-state index in [0.717, 1.165) is 31.5 Å². The van der Waals surface area contributed by atoms with Gasteiger partial charge in [0.1, 0.15) is 5.82 Å². The maximum Gasteiger partial charge on any atom is 0.230 e. The predicted molar refractivity (Wildman–Crippen MR) is 75.9 cm³/mol. The minimum atomic E-state index is 0.218. The summed E-state index contributed by atoms with van der Waals surface area (Å²) in [7, 11) is 3.90. The second-order valence-electron chi connectivity index (χ2n) is 5.47. The van der Waals surface area contributed by atoms with Gasteiger partial charge in [0.05, 0.1) is 12.7 Å². The normalized spacial score (nSPS) is 19.9. The number of rotatable bonds is 3. The van der Waals surface area contributed by atoms with E-state index in [-0.39, 0.29) is 6.10 Å². The van der Waals surface area contributed by atoms with Crippen LogP contribution in [0, 0.1) is 0 Å². The van der Waals surface area contributed by atoms with Crippen molar-refractivity contribution in [2.24, 2.45) is 0 Å². The molecule has 2 heterocycles. The number of hydrogen-bond acceptors (Lipinski definition) is 6. The summed E-state index contributed by atoms with van der Waals surface area (Å²) in [5.41, 5.74) is 0. The third-order valence-electron chi connectivity index (χ3n) is 3.07. The molecule has 0 N–H and O–H groups in total. The standard InChI is InChI=1S/C13H23N5O/c1-9(2)11-14-12(17(4)5)16-13(15-11)18-6-7-19-10(3)8-18/h9-10H,6-8H2,1-5H3. The average Bonchev–Trinajstić information content (AvgIpc) is 2.38. The second kappa shape index (κ2) is 5.69. The van der Waals surface area contributed by atoms with Gasteiger partial charge in [-0.1, -0.05) is 13.8 Å². The zero-order valence-electron chi connectivity index (χ0n) is 12.4. The molecule has 106 valence electrons. The van der Waals surface area contributed by atoms with Crippen molar-refractivity contribution in [3.8, 4) is 0 Å². The van der Waals surface area contributed by atoms with E-state index in [0.29, 0.717) is 11.9 Å². The van der Waals surface area contributed by atoms with Crippen LogP contribution in [0.5, 0.6) is 0 Å². The zero-order chi connectivity index (χ0) is 14.0. The lowest BCUT2D eigenvalue weighted by molar-refractivity contribution is 0.0526. The Morgan fingerprint density at radius 1 is 1.26 bits per heavy atom. The van der Waals surface area contributed by atoms with Gasteiger partial charge in [-0.25, -0.2) is 0 Å². The molecule has 6 heteroatoms. The number of hydrogen-bond donors (Lipinski definition) is 0. The van der Waals surface area contributed by atoms with Gasteiger partial charge in [-0.2, -0.15) is 15.0 Å². The van der Waals surface area contributed by atoms with E-state index in [9.17, 15) is 0 Å². The molecular formula is C13H23N5O. The van der Waals surface area contributed by atoms with Crippen molar-refractivity contribution in [3.63, 3.8) is 0 Å². The van der Waals surface area contributed by atoms with Crippen LogP contribution in [-0.2, 0) is 4.74 Å². The molecular weight excluding hydrogens is 242 g/mol. The molecule has 0 bridgehead atoms. The molecule has 0 amide bonds. The van der Waals surface area contributed by atoms with Gasteiger partial charge in [-0.15, -0.1) is 0 Å². The molecule has 2 rings (SSSR count). The number of anilines is 2. The Hall–Kier alpha value is -1.43. The molecule has 0 aliphatic carbocycles.